The Labute approximate surface area is 172 Å². The van der Waals surface area contributed by atoms with Crippen molar-refractivity contribution in [2.45, 2.75) is 20.3 Å². The molecule has 0 spiro atoms. The van der Waals surface area contributed by atoms with Crippen molar-refractivity contribution < 1.29 is 13.9 Å². The molecular weight excluding hydrogens is 384 g/mol. The van der Waals surface area contributed by atoms with E-state index in [0.29, 0.717) is 17.7 Å². The van der Waals surface area contributed by atoms with Crippen LogP contribution in [0.25, 0.3) is 17.3 Å². The lowest BCUT2D eigenvalue weighted by molar-refractivity contribution is 0.102. The molecular formula is C22H20N4O4. The molecule has 1 amide bonds. The second-order valence-corrected chi connectivity index (χ2v) is 6.77. The monoisotopic (exact) mass is 404 g/mol. The van der Waals surface area contributed by atoms with Gasteiger partial charge in [-0.25, -0.2) is 4.98 Å². The van der Waals surface area contributed by atoms with Gasteiger partial charge in [-0.1, -0.05) is 24.6 Å². The van der Waals surface area contributed by atoms with Crippen molar-refractivity contribution in [1.29, 1.82) is 0 Å². The van der Waals surface area contributed by atoms with Gasteiger partial charge in [0.05, 0.1) is 12.8 Å². The van der Waals surface area contributed by atoms with Crippen molar-refractivity contribution in [3.05, 3.63) is 76.2 Å². The molecule has 152 valence electrons. The Morgan fingerprint density at radius 3 is 2.57 bits per heavy atom. The van der Waals surface area contributed by atoms with Gasteiger partial charge in [0.15, 0.2) is 0 Å². The quantitative estimate of drug-likeness (QED) is 0.526. The molecule has 30 heavy (non-hydrogen) atoms. The summed E-state index contributed by atoms with van der Waals surface area (Å²) >= 11 is 0. The SMILES string of the molecule is CCCOc1ccc(-c2nn3c(=O)c(NC(=O)c4ccc(C)cc4)cnc3o2)cc1. The number of nitrogens with one attached hydrogen (secondary N) is 1. The largest absolute Gasteiger partial charge is 0.494 e. The zero-order valence-electron chi connectivity index (χ0n) is 16.6. The topological polar surface area (TPSA) is 98.7 Å². The minimum Gasteiger partial charge on any atom is -0.494 e. The molecule has 0 saturated carbocycles. The van der Waals surface area contributed by atoms with Crippen LogP contribution < -0.4 is 15.6 Å². The van der Waals surface area contributed by atoms with Crippen molar-refractivity contribution in [2.24, 2.45) is 0 Å². The normalized spacial score (nSPS) is 10.9. The predicted octanol–water partition coefficient (Wildman–Crippen LogP) is 3.70. The Balaban J connectivity index is 1.59. The molecule has 0 saturated heterocycles. The van der Waals surface area contributed by atoms with E-state index in [0.717, 1.165) is 22.2 Å². The van der Waals surface area contributed by atoms with Gasteiger partial charge in [-0.15, -0.1) is 9.61 Å². The van der Waals surface area contributed by atoms with E-state index in [9.17, 15) is 9.59 Å². The van der Waals surface area contributed by atoms with Crippen LogP contribution in [-0.2, 0) is 0 Å². The highest BCUT2D eigenvalue weighted by Crippen LogP contribution is 2.22. The first-order valence-electron chi connectivity index (χ1n) is 9.55. The van der Waals surface area contributed by atoms with Crippen molar-refractivity contribution in [2.75, 3.05) is 11.9 Å². The highest BCUT2D eigenvalue weighted by atomic mass is 16.5. The van der Waals surface area contributed by atoms with E-state index in [2.05, 4.69) is 15.4 Å². The first-order valence-corrected chi connectivity index (χ1v) is 9.55. The summed E-state index contributed by atoms with van der Waals surface area (Å²) in [6.07, 6.45) is 2.19. The first kappa shape index (κ1) is 19.4. The molecule has 0 aliphatic carbocycles. The highest BCUT2D eigenvalue weighted by Gasteiger charge is 2.15. The van der Waals surface area contributed by atoms with Crippen molar-refractivity contribution >= 4 is 17.4 Å². The maximum Gasteiger partial charge on any atom is 0.328 e. The number of ether oxygens (including phenoxy) is 1. The maximum atomic E-state index is 12.7. The van der Waals surface area contributed by atoms with Crippen LogP contribution in [0.4, 0.5) is 5.69 Å². The standard InChI is InChI=1S/C22H20N4O4/c1-3-12-29-17-10-8-16(9-11-17)20-25-26-21(28)18(13-23-22(26)30-20)24-19(27)15-6-4-14(2)5-7-15/h4-11,13H,3,12H2,1-2H3,(H,24,27). The molecule has 8 nitrogen and oxygen atoms in total. The average Bonchev–Trinajstić information content (AvgIpc) is 3.20. The lowest BCUT2D eigenvalue weighted by Gasteiger charge is -2.04. The number of carbonyl (C=O) groups is 1. The molecule has 0 aliphatic rings. The van der Waals surface area contributed by atoms with E-state index >= 15 is 0 Å². The van der Waals surface area contributed by atoms with Crippen LogP contribution in [0.3, 0.4) is 0 Å². The van der Waals surface area contributed by atoms with Crippen molar-refractivity contribution in [3.63, 3.8) is 0 Å². The molecule has 4 rings (SSSR count). The fourth-order valence-corrected chi connectivity index (χ4v) is 2.80. The average molecular weight is 404 g/mol. The minimum absolute atomic E-state index is 0.0150. The summed E-state index contributed by atoms with van der Waals surface area (Å²) in [6.45, 7) is 4.60. The van der Waals surface area contributed by atoms with Gasteiger partial charge in [0.1, 0.15) is 11.4 Å². The Hall–Kier alpha value is -3.94. The second-order valence-electron chi connectivity index (χ2n) is 6.77. The summed E-state index contributed by atoms with van der Waals surface area (Å²) in [5, 5.41) is 6.79. The zero-order chi connectivity index (χ0) is 21.1. The van der Waals surface area contributed by atoms with E-state index in [1.54, 1.807) is 24.3 Å². The van der Waals surface area contributed by atoms with Gasteiger partial charge >= 0.3 is 11.4 Å². The summed E-state index contributed by atoms with van der Waals surface area (Å²) in [7, 11) is 0. The molecule has 0 unspecified atom stereocenters. The number of anilines is 1. The number of fused-ring (bicyclic) bond motifs is 1. The summed E-state index contributed by atoms with van der Waals surface area (Å²) in [5.74, 6) is 0.617. The van der Waals surface area contributed by atoms with Crippen LogP contribution in [0.1, 0.15) is 29.3 Å². The number of nitrogens with zero attached hydrogens (tertiary/aromatic N) is 3. The van der Waals surface area contributed by atoms with Crippen LogP contribution in [0.2, 0.25) is 0 Å². The Bertz CT molecular complexity index is 1240. The minimum atomic E-state index is -0.529. The van der Waals surface area contributed by atoms with Gasteiger partial charge in [-0.3, -0.25) is 9.59 Å². The number of amides is 1. The number of aryl methyl sites for hydroxylation is 1. The van der Waals surface area contributed by atoms with E-state index in [1.165, 1.54) is 6.20 Å². The third kappa shape index (κ3) is 3.93. The second kappa shape index (κ2) is 8.20. The third-order valence-corrected chi connectivity index (χ3v) is 4.42. The van der Waals surface area contributed by atoms with E-state index in [4.69, 9.17) is 9.15 Å². The summed E-state index contributed by atoms with van der Waals surface area (Å²) < 4.78 is 12.2. The number of benzene rings is 2. The Morgan fingerprint density at radius 2 is 1.87 bits per heavy atom. The van der Waals surface area contributed by atoms with Crippen molar-refractivity contribution in [1.82, 2.24) is 14.6 Å². The zero-order valence-corrected chi connectivity index (χ0v) is 16.6. The third-order valence-electron chi connectivity index (χ3n) is 4.42. The summed E-state index contributed by atoms with van der Waals surface area (Å²) in [6, 6.07) is 14.2. The molecule has 0 fully saturated rings. The fourth-order valence-electron chi connectivity index (χ4n) is 2.80. The predicted molar refractivity (Wildman–Crippen MR) is 112 cm³/mol. The van der Waals surface area contributed by atoms with Crippen molar-refractivity contribution in [3.8, 4) is 17.2 Å². The first-order chi connectivity index (χ1) is 14.5. The molecule has 2 heterocycles. The number of rotatable bonds is 6. The smallest absolute Gasteiger partial charge is 0.328 e. The molecule has 2 aromatic heterocycles. The van der Waals surface area contributed by atoms with Gasteiger partial charge in [-0.05, 0) is 49.7 Å². The van der Waals surface area contributed by atoms with Crippen LogP contribution >= 0.6 is 0 Å². The van der Waals surface area contributed by atoms with Gasteiger partial charge in [0.25, 0.3) is 5.91 Å². The maximum absolute atomic E-state index is 12.7. The molecule has 4 aromatic rings. The van der Waals surface area contributed by atoms with Gasteiger partial charge in [0, 0.05) is 11.1 Å². The number of hydrogen-bond donors (Lipinski definition) is 1. The molecule has 2 aromatic carbocycles. The molecule has 0 atom stereocenters. The molecule has 1 N–H and O–H groups in total. The number of carbonyl (C=O) groups excluding carboxylic acids is 1. The molecule has 0 aliphatic heterocycles. The molecule has 0 bridgehead atoms. The fraction of sp³-hybridized carbons (Fsp3) is 0.182. The van der Waals surface area contributed by atoms with Crippen LogP contribution in [0.5, 0.6) is 5.75 Å². The van der Waals surface area contributed by atoms with Gasteiger partial charge in [0.2, 0.25) is 5.89 Å². The van der Waals surface area contributed by atoms with Gasteiger partial charge in [-0.2, -0.15) is 0 Å². The molecule has 0 radical (unpaired) electrons. The van der Waals surface area contributed by atoms with E-state index < -0.39 is 11.5 Å². The van der Waals surface area contributed by atoms with Crippen LogP contribution in [0.15, 0.2) is 63.9 Å². The lowest BCUT2D eigenvalue weighted by atomic mass is 10.1. The summed E-state index contributed by atoms with van der Waals surface area (Å²) in [5.41, 5.74) is 1.64. The van der Waals surface area contributed by atoms with Crippen LogP contribution in [-0.4, -0.2) is 27.1 Å². The van der Waals surface area contributed by atoms with E-state index in [-0.39, 0.29) is 17.4 Å². The molecule has 8 heteroatoms. The van der Waals surface area contributed by atoms with Gasteiger partial charge < -0.3 is 14.5 Å². The Kier molecular flexibility index (Phi) is 5.30. The summed E-state index contributed by atoms with van der Waals surface area (Å²) in [4.78, 5) is 29.2. The van der Waals surface area contributed by atoms with E-state index in [1.807, 2.05) is 38.1 Å². The Morgan fingerprint density at radius 1 is 1.13 bits per heavy atom. The highest BCUT2D eigenvalue weighted by molar-refractivity contribution is 6.04. The lowest BCUT2D eigenvalue weighted by Crippen LogP contribution is -2.23. The number of hydrogen-bond acceptors (Lipinski definition) is 6. The van der Waals surface area contributed by atoms with Crippen LogP contribution in [0, 0.1) is 6.92 Å². The number of aromatic nitrogens is 3.